The molecule has 13 heavy (non-hydrogen) atoms. The third-order valence-electron chi connectivity index (χ3n) is 1.26. The Hall–Kier alpha value is -1.59. The number of ether oxygens (including phenoxy) is 2. The van der Waals surface area contributed by atoms with Crippen LogP contribution in [0.4, 0.5) is 0 Å². The Kier molecular flexibility index (Phi) is 4.50. The van der Waals surface area contributed by atoms with Crippen molar-refractivity contribution >= 4 is 5.97 Å². The van der Waals surface area contributed by atoms with Crippen LogP contribution in [-0.4, -0.2) is 24.6 Å². The van der Waals surface area contributed by atoms with Gasteiger partial charge in [-0.3, -0.25) is 10.1 Å². The second-order valence-electron chi connectivity index (χ2n) is 2.09. The van der Waals surface area contributed by atoms with E-state index >= 15 is 0 Å². The highest BCUT2D eigenvalue weighted by molar-refractivity contribution is 5.86. The lowest BCUT2D eigenvalue weighted by Gasteiger charge is -2.02. The Balaban J connectivity index is 4.88. The molecular weight excluding hydrogens is 178 g/mol. The molecule has 6 heteroatoms. The highest BCUT2D eigenvalue weighted by Gasteiger charge is 2.27. The summed E-state index contributed by atoms with van der Waals surface area (Å²) in [5.41, 5.74) is -0.663. The Morgan fingerprint density at radius 2 is 2.08 bits per heavy atom. The van der Waals surface area contributed by atoms with Gasteiger partial charge in [0.15, 0.2) is 5.76 Å². The van der Waals surface area contributed by atoms with E-state index in [0.29, 0.717) is 0 Å². The molecule has 0 aliphatic heterocycles. The van der Waals surface area contributed by atoms with Crippen molar-refractivity contribution in [2.75, 3.05) is 13.7 Å². The molecule has 0 amide bonds. The van der Waals surface area contributed by atoms with Gasteiger partial charge in [0.25, 0.3) is 0 Å². The highest BCUT2D eigenvalue weighted by Crippen LogP contribution is 2.07. The monoisotopic (exact) mass is 189 g/mol. The summed E-state index contributed by atoms with van der Waals surface area (Å²) < 4.78 is 9.05. The SMILES string of the molecule is CCO/C(C)=C(/C(=O)OC)[N+](=O)[O-]. The zero-order valence-corrected chi connectivity index (χ0v) is 7.70. The van der Waals surface area contributed by atoms with Crippen molar-refractivity contribution in [3.05, 3.63) is 21.6 Å². The maximum absolute atomic E-state index is 10.9. The number of methoxy groups -OCH3 is 1. The van der Waals surface area contributed by atoms with Crippen molar-refractivity contribution in [2.45, 2.75) is 13.8 Å². The van der Waals surface area contributed by atoms with Crippen molar-refractivity contribution < 1.29 is 19.2 Å². The molecule has 0 aliphatic carbocycles. The quantitative estimate of drug-likeness (QED) is 0.214. The summed E-state index contributed by atoms with van der Waals surface area (Å²) in [6.07, 6.45) is 0. The van der Waals surface area contributed by atoms with Crippen LogP contribution < -0.4 is 0 Å². The van der Waals surface area contributed by atoms with E-state index in [1.54, 1.807) is 6.92 Å². The van der Waals surface area contributed by atoms with E-state index in [2.05, 4.69) is 4.74 Å². The van der Waals surface area contributed by atoms with Crippen molar-refractivity contribution in [1.29, 1.82) is 0 Å². The average molecular weight is 189 g/mol. The maximum Gasteiger partial charge on any atom is 0.413 e. The second-order valence-corrected chi connectivity index (χ2v) is 2.09. The first-order valence-electron chi connectivity index (χ1n) is 3.61. The van der Waals surface area contributed by atoms with Crippen LogP contribution in [0.25, 0.3) is 0 Å². The molecule has 0 aromatic rings. The standard InChI is InChI=1S/C7H11NO5/c1-4-13-5(2)6(8(10)11)7(9)12-3/h4H2,1-3H3/b6-5-. The maximum atomic E-state index is 10.9. The largest absolute Gasteiger partial charge is 0.491 e. The molecule has 6 nitrogen and oxygen atoms in total. The van der Waals surface area contributed by atoms with Crippen molar-refractivity contribution in [1.82, 2.24) is 0 Å². The van der Waals surface area contributed by atoms with Gasteiger partial charge in [0.1, 0.15) is 0 Å². The summed E-state index contributed by atoms with van der Waals surface area (Å²) in [4.78, 5) is 20.4. The molecule has 0 aliphatic rings. The minimum atomic E-state index is -1.00. The topological polar surface area (TPSA) is 78.7 Å². The van der Waals surface area contributed by atoms with Gasteiger partial charge in [-0.1, -0.05) is 0 Å². The Labute approximate surface area is 75.3 Å². The summed E-state index contributed by atoms with van der Waals surface area (Å²) in [5.74, 6) is -1.05. The lowest BCUT2D eigenvalue weighted by Crippen LogP contribution is -2.16. The number of allylic oxidation sites excluding steroid dienone is 1. The van der Waals surface area contributed by atoms with Crippen LogP contribution in [0, 0.1) is 10.1 Å². The molecule has 0 saturated carbocycles. The van der Waals surface area contributed by atoms with Crippen molar-refractivity contribution in [3.63, 3.8) is 0 Å². The van der Waals surface area contributed by atoms with Gasteiger partial charge >= 0.3 is 11.7 Å². The van der Waals surface area contributed by atoms with Gasteiger partial charge in [-0.15, -0.1) is 0 Å². The summed E-state index contributed by atoms with van der Waals surface area (Å²) in [6, 6.07) is 0. The molecule has 74 valence electrons. The number of carbonyl (C=O) groups excluding carboxylic acids is 1. The fourth-order valence-corrected chi connectivity index (χ4v) is 0.728. The van der Waals surface area contributed by atoms with Crippen LogP contribution in [0.5, 0.6) is 0 Å². The average Bonchev–Trinajstić information content (AvgIpc) is 2.04. The molecule has 0 fully saturated rings. The molecule has 0 atom stereocenters. The molecule has 0 bridgehead atoms. The van der Waals surface area contributed by atoms with Crippen LogP contribution in [0.2, 0.25) is 0 Å². The van der Waals surface area contributed by atoms with E-state index in [1.165, 1.54) is 6.92 Å². The molecule has 0 aromatic carbocycles. The number of nitrogens with zero attached hydrogens (tertiary/aromatic N) is 1. The Morgan fingerprint density at radius 1 is 1.54 bits per heavy atom. The molecule has 0 unspecified atom stereocenters. The van der Waals surface area contributed by atoms with Crippen LogP contribution in [0.15, 0.2) is 11.5 Å². The molecule has 0 saturated heterocycles. The smallest absolute Gasteiger partial charge is 0.413 e. The Bertz CT molecular complexity index is 245. The molecule has 0 spiro atoms. The summed E-state index contributed by atoms with van der Waals surface area (Å²) >= 11 is 0. The van der Waals surface area contributed by atoms with Gasteiger partial charge in [0.2, 0.25) is 0 Å². The first kappa shape index (κ1) is 11.4. The summed E-state index contributed by atoms with van der Waals surface area (Å²) in [7, 11) is 1.07. The molecule has 0 N–H and O–H groups in total. The second kappa shape index (κ2) is 5.13. The number of hydrogen-bond donors (Lipinski definition) is 0. The molecule has 0 rings (SSSR count). The molecule has 0 radical (unpaired) electrons. The summed E-state index contributed by atoms with van der Waals surface area (Å²) in [6.45, 7) is 3.27. The van der Waals surface area contributed by atoms with Crippen molar-refractivity contribution in [3.8, 4) is 0 Å². The molecule has 0 aromatic heterocycles. The van der Waals surface area contributed by atoms with Gasteiger partial charge < -0.3 is 9.47 Å². The first-order chi connectivity index (χ1) is 6.04. The lowest BCUT2D eigenvalue weighted by molar-refractivity contribution is -0.424. The predicted molar refractivity (Wildman–Crippen MR) is 43.3 cm³/mol. The minimum absolute atomic E-state index is 0.0423. The number of carbonyl (C=O) groups is 1. The van der Waals surface area contributed by atoms with Crippen LogP contribution in [-0.2, 0) is 14.3 Å². The fourth-order valence-electron chi connectivity index (χ4n) is 0.728. The zero-order chi connectivity index (χ0) is 10.4. The van der Waals surface area contributed by atoms with Gasteiger partial charge in [0.05, 0.1) is 18.6 Å². The molecule has 0 heterocycles. The van der Waals surface area contributed by atoms with E-state index in [0.717, 1.165) is 7.11 Å². The highest BCUT2D eigenvalue weighted by atomic mass is 16.6. The Morgan fingerprint density at radius 3 is 2.38 bits per heavy atom. The fraction of sp³-hybridized carbons (Fsp3) is 0.571. The van der Waals surface area contributed by atoms with Crippen molar-refractivity contribution in [2.24, 2.45) is 0 Å². The summed E-state index contributed by atoms with van der Waals surface area (Å²) in [5, 5.41) is 10.4. The third-order valence-corrected chi connectivity index (χ3v) is 1.26. The van der Waals surface area contributed by atoms with Crippen LogP contribution >= 0.6 is 0 Å². The van der Waals surface area contributed by atoms with Gasteiger partial charge in [-0.25, -0.2) is 4.79 Å². The van der Waals surface area contributed by atoms with E-state index in [9.17, 15) is 14.9 Å². The van der Waals surface area contributed by atoms with Gasteiger partial charge in [0, 0.05) is 6.92 Å². The molecular formula is C7H11NO5. The van der Waals surface area contributed by atoms with Crippen LogP contribution in [0.1, 0.15) is 13.8 Å². The van der Waals surface area contributed by atoms with Gasteiger partial charge in [-0.2, -0.15) is 0 Å². The van der Waals surface area contributed by atoms with E-state index in [4.69, 9.17) is 4.74 Å². The van der Waals surface area contributed by atoms with E-state index in [1.807, 2.05) is 0 Å². The van der Waals surface area contributed by atoms with Crippen LogP contribution in [0.3, 0.4) is 0 Å². The first-order valence-corrected chi connectivity index (χ1v) is 3.61. The number of esters is 1. The van der Waals surface area contributed by atoms with E-state index in [-0.39, 0.29) is 12.4 Å². The van der Waals surface area contributed by atoms with Gasteiger partial charge in [-0.05, 0) is 6.92 Å². The number of rotatable bonds is 4. The lowest BCUT2D eigenvalue weighted by atomic mass is 10.4. The minimum Gasteiger partial charge on any atom is -0.491 e. The normalized spacial score (nSPS) is 11.6. The predicted octanol–water partition coefficient (Wildman–Crippen LogP) is 0.704. The number of hydrogen-bond acceptors (Lipinski definition) is 5. The number of nitro groups is 1. The third kappa shape index (κ3) is 3.10. The van der Waals surface area contributed by atoms with E-state index < -0.39 is 16.6 Å². The zero-order valence-electron chi connectivity index (χ0n) is 7.70.